The molecule has 11 nitrogen and oxygen atoms in total. The average molecular weight is 485 g/mol. The highest BCUT2D eigenvalue weighted by molar-refractivity contribution is 5.72. The Kier molecular flexibility index (Phi) is 8.43. The zero-order valence-corrected chi connectivity index (χ0v) is 19.8. The number of nitrogens with zero attached hydrogens (tertiary/aromatic N) is 5. The molecule has 11 heteroatoms. The van der Waals surface area contributed by atoms with Crippen molar-refractivity contribution in [2.24, 2.45) is 5.92 Å². The second-order valence-corrected chi connectivity index (χ2v) is 9.04. The fourth-order valence-corrected chi connectivity index (χ4v) is 4.57. The summed E-state index contributed by atoms with van der Waals surface area (Å²) in [5, 5.41) is 11.8. The standard InChI is InChI=1S/C24H32N6O5/c25-22-21(30(32)33)23(27-24(26-22)35-17-18-6-12-34-13-7-18)29(10-11-31)16-20-5-3-4-19(14-20)15-28-8-1-2-9-28/h3-5,11,14,18H,1-2,6-10,12-13,15-17H2,(H2,25,26,27). The number of nitrogen functional groups attached to an aromatic ring is 1. The van der Waals surface area contributed by atoms with Crippen molar-refractivity contribution in [1.82, 2.24) is 14.9 Å². The van der Waals surface area contributed by atoms with Crippen LogP contribution in [0.2, 0.25) is 0 Å². The molecule has 0 spiro atoms. The third-order valence-electron chi connectivity index (χ3n) is 6.41. The van der Waals surface area contributed by atoms with E-state index < -0.39 is 10.6 Å². The molecule has 2 aliphatic heterocycles. The van der Waals surface area contributed by atoms with Crippen LogP contribution in [0.5, 0.6) is 6.01 Å². The van der Waals surface area contributed by atoms with E-state index in [1.807, 2.05) is 12.1 Å². The van der Waals surface area contributed by atoms with E-state index in [0.29, 0.717) is 26.1 Å². The van der Waals surface area contributed by atoms with Crippen molar-refractivity contribution >= 4 is 23.6 Å². The Morgan fingerprint density at radius 2 is 1.97 bits per heavy atom. The third-order valence-corrected chi connectivity index (χ3v) is 6.41. The van der Waals surface area contributed by atoms with Gasteiger partial charge in [0.05, 0.1) is 18.1 Å². The second kappa shape index (κ2) is 11.9. The van der Waals surface area contributed by atoms with Gasteiger partial charge < -0.3 is 24.9 Å². The van der Waals surface area contributed by atoms with Gasteiger partial charge in [-0.05, 0) is 55.8 Å². The molecular formula is C24H32N6O5. The van der Waals surface area contributed by atoms with Crippen LogP contribution in [-0.2, 0) is 22.6 Å². The zero-order chi connectivity index (χ0) is 24.6. The molecule has 2 saturated heterocycles. The smallest absolute Gasteiger partial charge is 0.353 e. The van der Waals surface area contributed by atoms with E-state index in [0.717, 1.165) is 43.6 Å². The molecule has 1 aromatic heterocycles. The maximum atomic E-state index is 11.8. The lowest BCUT2D eigenvalue weighted by Crippen LogP contribution is -2.28. The number of carbonyl (C=O) groups is 1. The molecule has 2 fully saturated rings. The maximum Gasteiger partial charge on any atom is 0.353 e. The molecule has 0 atom stereocenters. The summed E-state index contributed by atoms with van der Waals surface area (Å²) in [5.74, 6) is -0.0289. The molecule has 0 radical (unpaired) electrons. The van der Waals surface area contributed by atoms with Crippen LogP contribution in [0.25, 0.3) is 0 Å². The predicted molar refractivity (Wildman–Crippen MR) is 130 cm³/mol. The Bertz CT molecular complexity index is 1020. The molecule has 0 amide bonds. The van der Waals surface area contributed by atoms with E-state index in [-0.39, 0.29) is 36.7 Å². The van der Waals surface area contributed by atoms with Crippen molar-refractivity contribution in [2.75, 3.05) is 50.1 Å². The highest BCUT2D eigenvalue weighted by Gasteiger charge is 2.28. The molecule has 1 aromatic carbocycles. The highest BCUT2D eigenvalue weighted by Crippen LogP contribution is 2.33. The van der Waals surface area contributed by atoms with Crippen LogP contribution in [0.4, 0.5) is 17.3 Å². The summed E-state index contributed by atoms with van der Waals surface area (Å²) in [7, 11) is 0. The molecule has 2 N–H and O–H groups in total. The van der Waals surface area contributed by atoms with Gasteiger partial charge in [0.1, 0.15) is 6.29 Å². The molecule has 0 aliphatic carbocycles. The molecule has 2 aromatic rings. The molecule has 2 aliphatic rings. The SMILES string of the molecule is Nc1nc(OCC2CCOCC2)nc(N(CC=O)Cc2cccc(CN3CCCC3)c2)c1[N+](=O)[O-]. The number of benzene rings is 1. The Hall–Kier alpha value is -3.31. The van der Waals surface area contributed by atoms with E-state index in [1.165, 1.54) is 12.8 Å². The van der Waals surface area contributed by atoms with Gasteiger partial charge in [0.25, 0.3) is 0 Å². The first kappa shape index (κ1) is 24.8. The summed E-state index contributed by atoms with van der Waals surface area (Å²) < 4.78 is 11.1. The summed E-state index contributed by atoms with van der Waals surface area (Å²) in [6.45, 7) is 4.91. The first-order valence-electron chi connectivity index (χ1n) is 12.0. The van der Waals surface area contributed by atoms with Gasteiger partial charge in [-0.2, -0.15) is 9.97 Å². The lowest BCUT2D eigenvalue weighted by atomic mass is 10.0. The van der Waals surface area contributed by atoms with E-state index >= 15 is 0 Å². The maximum absolute atomic E-state index is 11.8. The van der Waals surface area contributed by atoms with Gasteiger partial charge in [0, 0.05) is 26.3 Å². The number of ether oxygens (including phenoxy) is 2. The largest absolute Gasteiger partial charge is 0.463 e. The zero-order valence-electron chi connectivity index (χ0n) is 19.8. The second-order valence-electron chi connectivity index (χ2n) is 9.04. The van der Waals surface area contributed by atoms with E-state index in [2.05, 4.69) is 27.0 Å². The molecule has 188 valence electrons. The number of nitrogens with two attached hydrogens (primary N) is 1. The third kappa shape index (κ3) is 6.64. The number of rotatable bonds is 11. The van der Waals surface area contributed by atoms with Crippen molar-refractivity contribution in [3.8, 4) is 6.01 Å². The molecule has 35 heavy (non-hydrogen) atoms. The van der Waals surface area contributed by atoms with Crippen molar-refractivity contribution in [3.63, 3.8) is 0 Å². The molecule has 0 unspecified atom stereocenters. The van der Waals surface area contributed by atoms with Crippen LogP contribution in [0.15, 0.2) is 24.3 Å². The van der Waals surface area contributed by atoms with Crippen LogP contribution in [0.3, 0.4) is 0 Å². The summed E-state index contributed by atoms with van der Waals surface area (Å²) in [5.41, 5.74) is 7.61. The minimum Gasteiger partial charge on any atom is -0.463 e. The number of likely N-dealkylation sites (tertiary alicyclic amines) is 1. The van der Waals surface area contributed by atoms with Crippen LogP contribution in [0.1, 0.15) is 36.8 Å². The lowest BCUT2D eigenvalue weighted by molar-refractivity contribution is -0.383. The normalized spacial score (nSPS) is 16.8. The molecule has 0 saturated carbocycles. The Balaban J connectivity index is 1.56. The van der Waals surface area contributed by atoms with Crippen LogP contribution in [0, 0.1) is 16.0 Å². The summed E-state index contributed by atoms with van der Waals surface area (Å²) in [4.78, 5) is 35.0. The number of hydrogen-bond acceptors (Lipinski definition) is 10. The number of nitro groups is 1. The lowest BCUT2D eigenvalue weighted by Gasteiger charge is -2.24. The quantitative estimate of drug-likeness (QED) is 0.288. The summed E-state index contributed by atoms with van der Waals surface area (Å²) in [6.07, 6.45) is 4.84. The van der Waals surface area contributed by atoms with Gasteiger partial charge in [0.2, 0.25) is 11.6 Å². The first-order chi connectivity index (χ1) is 17.0. The Labute approximate surface area is 204 Å². The van der Waals surface area contributed by atoms with Crippen molar-refractivity contribution < 1.29 is 19.2 Å². The molecule has 3 heterocycles. The fraction of sp³-hybridized carbons (Fsp3) is 0.542. The highest BCUT2D eigenvalue weighted by atomic mass is 16.6. The minimum absolute atomic E-state index is 0.0264. The number of aldehydes is 1. The summed E-state index contributed by atoms with van der Waals surface area (Å²) >= 11 is 0. The Morgan fingerprint density at radius 1 is 1.23 bits per heavy atom. The van der Waals surface area contributed by atoms with Gasteiger partial charge in [-0.3, -0.25) is 15.0 Å². The molecular weight excluding hydrogens is 452 g/mol. The number of hydrogen-bond donors (Lipinski definition) is 1. The predicted octanol–water partition coefficient (Wildman–Crippen LogP) is 2.57. The monoisotopic (exact) mass is 484 g/mol. The van der Waals surface area contributed by atoms with E-state index in [1.54, 1.807) is 4.90 Å². The van der Waals surface area contributed by atoms with Crippen LogP contribution in [-0.4, -0.2) is 65.5 Å². The molecule has 4 rings (SSSR count). The molecule has 0 bridgehead atoms. The topological polar surface area (TPSA) is 137 Å². The van der Waals surface area contributed by atoms with Crippen molar-refractivity contribution in [1.29, 1.82) is 0 Å². The van der Waals surface area contributed by atoms with Gasteiger partial charge >= 0.3 is 11.7 Å². The van der Waals surface area contributed by atoms with Gasteiger partial charge in [-0.1, -0.05) is 24.3 Å². The van der Waals surface area contributed by atoms with Crippen molar-refractivity contribution in [3.05, 3.63) is 45.5 Å². The average Bonchev–Trinajstić information content (AvgIpc) is 3.36. The number of carbonyl (C=O) groups excluding carboxylic acids is 1. The van der Waals surface area contributed by atoms with Gasteiger partial charge in [-0.15, -0.1) is 0 Å². The summed E-state index contributed by atoms with van der Waals surface area (Å²) in [6, 6.07) is 8.00. The van der Waals surface area contributed by atoms with E-state index in [9.17, 15) is 14.9 Å². The Morgan fingerprint density at radius 3 is 2.69 bits per heavy atom. The first-order valence-corrected chi connectivity index (χ1v) is 12.0. The van der Waals surface area contributed by atoms with Gasteiger partial charge in [-0.25, -0.2) is 0 Å². The van der Waals surface area contributed by atoms with Crippen molar-refractivity contribution in [2.45, 2.75) is 38.8 Å². The van der Waals surface area contributed by atoms with E-state index in [4.69, 9.17) is 15.2 Å². The number of aromatic nitrogens is 2. The van der Waals surface area contributed by atoms with Crippen LogP contribution >= 0.6 is 0 Å². The van der Waals surface area contributed by atoms with Gasteiger partial charge in [0.15, 0.2) is 0 Å². The minimum atomic E-state index is -0.617. The van der Waals surface area contributed by atoms with Crippen LogP contribution < -0.4 is 15.4 Å². The number of anilines is 2. The fourth-order valence-electron chi connectivity index (χ4n) is 4.57.